The summed E-state index contributed by atoms with van der Waals surface area (Å²) in [4.78, 5) is 34.7. The van der Waals surface area contributed by atoms with Gasteiger partial charge in [-0.3, -0.25) is 19.5 Å². The van der Waals surface area contributed by atoms with Gasteiger partial charge in [0.25, 0.3) is 5.91 Å². The molecule has 0 atom stereocenters. The third-order valence-electron chi connectivity index (χ3n) is 8.08. The molecule has 0 spiro atoms. The molecule has 0 unspecified atom stereocenters. The molecule has 6 nitrogen and oxygen atoms in total. The second-order valence-corrected chi connectivity index (χ2v) is 10.9. The fraction of sp³-hybridized carbons (Fsp3) is 0.516. The van der Waals surface area contributed by atoms with Crippen LogP contribution in [0.25, 0.3) is 0 Å². The Morgan fingerprint density at radius 3 is 2.39 bits per heavy atom. The molecular weight excluding hydrogens is 479 g/mol. The van der Waals surface area contributed by atoms with E-state index < -0.39 is 5.54 Å². The number of carbonyl (C=O) groups excluding carboxylic acids is 2. The van der Waals surface area contributed by atoms with Crippen molar-refractivity contribution in [2.24, 2.45) is 10.9 Å². The smallest absolute Gasteiger partial charge is 0.256 e. The quantitative estimate of drug-likeness (QED) is 0.428. The van der Waals surface area contributed by atoms with Gasteiger partial charge in [-0.1, -0.05) is 39.8 Å². The number of rotatable bonds is 10. The molecule has 0 aliphatic carbocycles. The zero-order valence-corrected chi connectivity index (χ0v) is 23.2. The topological polar surface area (TPSA) is 65.0 Å². The average molecular weight is 521 g/mol. The number of carbonyl (C=O) groups is 2. The molecule has 7 heteroatoms. The molecule has 0 aromatic heterocycles. The van der Waals surface area contributed by atoms with Crippen LogP contribution in [-0.4, -0.2) is 59.2 Å². The Bertz CT molecular complexity index is 1150. The number of hydrogen-bond donors (Lipinski definition) is 1. The van der Waals surface area contributed by atoms with Crippen LogP contribution < -0.4 is 5.32 Å². The third-order valence-corrected chi connectivity index (χ3v) is 8.08. The first-order valence-electron chi connectivity index (χ1n) is 14.1. The number of amidine groups is 1. The summed E-state index contributed by atoms with van der Waals surface area (Å²) < 4.78 is 13.5. The van der Waals surface area contributed by atoms with Gasteiger partial charge < -0.3 is 10.2 Å². The highest BCUT2D eigenvalue weighted by molar-refractivity contribution is 6.15. The van der Waals surface area contributed by atoms with Gasteiger partial charge in [0.05, 0.1) is 0 Å². The number of anilines is 1. The van der Waals surface area contributed by atoms with Crippen LogP contribution in [0, 0.1) is 11.7 Å². The van der Waals surface area contributed by atoms with E-state index in [0.29, 0.717) is 31.1 Å². The normalized spacial score (nSPS) is 18.2. The van der Waals surface area contributed by atoms with Gasteiger partial charge in [0.1, 0.15) is 17.2 Å². The predicted octanol–water partition coefficient (Wildman–Crippen LogP) is 5.84. The van der Waals surface area contributed by atoms with E-state index in [2.05, 4.69) is 22.3 Å². The zero-order valence-electron chi connectivity index (χ0n) is 23.2. The largest absolute Gasteiger partial charge is 0.326 e. The first kappa shape index (κ1) is 28.0. The van der Waals surface area contributed by atoms with Gasteiger partial charge in [-0.25, -0.2) is 4.39 Å². The van der Waals surface area contributed by atoms with Gasteiger partial charge >= 0.3 is 0 Å². The highest BCUT2D eigenvalue weighted by Crippen LogP contribution is 2.33. The molecule has 4 rings (SSSR count). The summed E-state index contributed by atoms with van der Waals surface area (Å²) in [6.07, 6.45) is 4.30. The van der Waals surface area contributed by atoms with Gasteiger partial charge in [0.15, 0.2) is 0 Å². The van der Waals surface area contributed by atoms with E-state index in [1.807, 2.05) is 44.7 Å². The van der Waals surface area contributed by atoms with Gasteiger partial charge in [-0.2, -0.15) is 0 Å². The Morgan fingerprint density at radius 2 is 1.76 bits per heavy atom. The Hall–Kier alpha value is -3.06. The number of nitrogens with one attached hydrogen (secondary N) is 1. The van der Waals surface area contributed by atoms with Crippen LogP contribution in [-0.2, 0) is 9.59 Å². The Morgan fingerprint density at radius 1 is 1.08 bits per heavy atom. The molecule has 0 bridgehead atoms. The van der Waals surface area contributed by atoms with E-state index in [1.54, 1.807) is 12.1 Å². The van der Waals surface area contributed by atoms with E-state index in [9.17, 15) is 14.0 Å². The van der Waals surface area contributed by atoms with Crippen molar-refractivity contribution in [1.82, 2.24) is 9.80 Å². The lowest BCUT2D eigenvalue weighted by Gasteiger charge is -2.33. The fourth-order valence-corrected chi connectivity index (χ4v) is 5.49. The van der Waals surface area contributed by atoms with E-state index >= 15 is 0 Å². The summed E-state index contributed by atoms with van der Waals surface area (Å²) >= 11 is 0. The minimum absolute atomic E-state index is 0.0381. The number of halogens is 1. The van der Waals surface area contributed by atoms with Crippen LogP contribution in [0.1, 0.15) is 76.8 Å². The molecule has 2 heterocycles. The van der Waals surface area contributed by atoms with Crippen molar-refractivity contribution in [1.29, 1.82) is 0 Å². The molecular formula is C31H41FN4O2. The maximum Gasteiger partial charge on any atom is 0.256 e. The number of likely N-dealkylation sites (tertiary alicyclic amines) is 1. The molecule has 0 radical (unpaired) electrons. The molecule has 2 amide bonds. The van der Waals surface area contributed by atoms with E-state index in [0.717, 1.165) is 50.1 Å². The minimum Gasteiger partial charge on any atom is -0.326 e. The Kier molecular flexibility index (Phi) is 8.98. The number of aliphatic imine (C=N–C) groups is 1. The lowest BCUT2D eigenvalue weighted by Crippen LogP contribution is -2.43. The maximum atomic E-state index is 13.5. The monoisotopic (exact) mass is 520 g/mol. The predicted molar refractivity (Wildman–Crippen MR) is 151 cm³/mol. The van der Waals surface area contributed by atoms with Crippen LogP contribution in [0.4, 0.5) is 10.1 Å². The van der Waals surface area contributed by atoms with E-state index in [4.69, 9.17) is 4.99 Å². The van der Waals surface area contributed by atoms with Gasteiger partial charge in [-0.15, -0.1) is 0 Å². The van der Waals surface area contributed by atoms with E-state index in [-0.39, 0.29) is 23.5 Å². The third kappa shape index (κ3) is 6.15. The lowest BCUT2D eigenvalue weighted by molar-refractivity contribution is -0.131. The van der Waals surface area contributed by atoms with Crippen molar-refractivity contribution in [3.05, 3.63) is 65.5 Å². The van der Waals surface area contributed by atoms with Crippen LogP contribution in [0.2, 0.25) is 0 Å². The summed E-state index contributed by atoms with van der Waals surface area (Å²) in [6.45, 7) is 11.4. The van der Waals surface area contributed by atoms with Gasteiger partial charge in [-0.05, 0) is 99.6 Å². The summed E-state index contributed by atoms with van der Waals surface area (Å²) in [5.74, 6) is 0.909. The number of piperidine rings is 1. The number of amides is 2. The second-order valence-electron chi connectivity index (χ2n) is 10.9. The highest BCUT2D eigenvalue weighted by atomic mass is 19.1. The fourth-order valence-electron chi connectivity index (χ4n) is 5.49. The summed E-state index contributed by atoms with van der Waals surface area (Å²) in [5.41, 5.74) is 2.22. The Balaban J connectivity index is 1.32. The Labute approximate surface area is 226 Å². The molecule has 204 valence electrons. The molecule has 2 aromatic rings. The zero-order chi connectivity index (χ0) is 27.3. The van der Waals surface area contributed by atoms with Crippen molar-refractivity contribution >= 4 is 23.3 Å². The SMILES string of the molecule is CCC1(CC)N=C(c2ccc(F)cc2)N(CCCN2CCC(c3cccc(NC(=O)C(C)C)c3)CC2)C1=O. The molecule has 2 aliphatic rings. The standard InChI is InChI=1S/C31H41FN4O2/c1-5-31(6-2)30(38)36(28(34-31)24-11-13-26(32)14-12-24)18-8-17-35-19-15-23(16-20-35)25-9-7-10-27(21-25)33-29(37)22(3)4/h7,9-14,21-23H,5-6,8,15-20H2,1-4H3,(H,33,37). The van der Waals surface area contributed by atoms with Crippen LogP contribution in [0.15, 0.2) is 53.5 Å². The van der Waals surface area contributed by atoms with Crippen molar-refractivity contribution in [3.8, 4) is 0 Å². The summed E-state index contributed by atoms with van der Waals surface area (Å²) in [5, 5.41) is 3.01. The van der Waals surface area contributed by atoms with Crippen molar-refractivity contribution < 1.29 is 14.0 Å². The summed E-state index contributed by atoms with van der Waals surface area (Å²) in [6, 6.07) is 14.5. The number of nitrogens with zero attached hydrogens (tertiary/aromatic N) is 3. The van der Waals surface area contributed by atoms with Crippen LogP contribution in [0.3, 0.4) is 0 Å². The average Bonchev–Trinajstić information content (AvgIpc) is 3.21. The van der Waals surface area contributed by atoms with Crippen LogP contribution >= 0.6 is 0 Å². The first-order chi connectivity index (χ1) is 18.3. The molecule has 2 aliphatic heterocycles. The van der Waals surface area contributed by atoms with Gasteiger partial charge in [0, 0.05) is 23.7 Å². The summed E-state index contributed by atoms with van der Waals surface area (Å²) in [7, 11) is 0. The minimum atomic E-state index is -0.717. The van der Waals surface area contributed by atoms with Crippen molar-refractivity contribution in [2.75, 3.05) is 31.5 Å². The molecule has 0 saturated carbocycles. The molecule has 1 saturated heterocycles. The molecule has 1 fully saturated rings. The van der Waals surface area contributed by atoms with Gasteiger partial charge in [0.2, 0.25) is 5.91 Å². The number of hydrogen-bond acceptors (Lipinski definition) is 4. The molecule has 38 heavy (non-hydrogen) atoms. The van der Waals surface area contributed by atoms with E-state index in [1.165, 1.54) is 17.7 Å². The molecule has 2 aromatic carbocycles. The molecule has 1 N–H and O–H groups in total. The van der Waals surface area contributed by atoms with Crippen molar-refractivity contribution in [3.63, 3.8) is 0 Å². The highest BCUT2D eigenvalue weighted by Gasteiger charge is 2.45. The number of benzene rings is 2. The second kappa shape index (κ2) is 12.2. The lowest BCUT2D eigenvalue weighted by atomic mass is 9.89. The van der Waals surface area contributed by atoms with Crippen LogP contribution in [0.5, 0.6) is 0 Å². The first-order valence-corrected chi connectivity index (χ1v) is 14.1. The van der Waals surface area contributed by atoms with Crippen molar-refractivity contribution in [2.45, 2.75) is 71.3 Å². The maximum absolute atomic E-state index is 13.5.